The van der Waals surface area contributed by atoms with Crippen molar-refractivity contribution in [3.05, 3.63) is 77.5 Å². The first-order valence-corrected chi connectivity index (χ1v) is 8.03. The zero-order valence-corrected chi connectivity index (χ0v) is 14.0. The number of imidazole rings is 1. The monoisotopic (exact) mass is 340 g/mol. The van der Waals surface area contributed by atoms with Crippen molar-refractivity contribution in [2.45, 2.75) is 13.5 Å². The van der Waals surface area contributed by atoms with Crippen molar-refractivity contribution in [2.75, 3.05) is 6.54 Å². The van der Waals surface area contributed by atoms with Crippen molar-refractivity contribution >= 4 is 17.5 Å². The Bertz CT molecular complexity index is 815. The Balaban J connectivity index is 1.76. The van der Waals surface area contributed by atoms with Gasteiger partial charge >= 0.3 is 0 Å². The molecule has 0 bridgehead atoms. The molecule has 3 rings (SSSR count). The third kappa shape index (κ3) is 3.63. The summed E-state index contributed by atoms with van der Waals surface area (Å²) >= 11 is 6.01. The largest absolute Gasteiger partial charge is 0.335 e. The van der Waals surface area contributed by atoms with E-state index in [0.717, 1.165) is 11.4 Å². The molecule has 2 heterocycles. The van der Waals surface area contributed by atoms with Gasteiger partial charge in [-0.25, -0.2) is 9.97 Å². The van der Waals surface area contributed by atoms with E-state index >= 15 is 0 Å². The zero-order chi connectivity index (χ0) is 16.9. The van der Waals surface area contributed by atoms with Crippen LogP contribution in [0.2, 0.25) is 5.02 Å². The average Bonchev–Trinajstić information content (AvgIpc) is 3.14. The fraction of sp³-hybridized carbons (Fsp3) is 0.167. The number of rotatable bonds is 5. The van der Waals surface area contributed by atoms with Crippen LogP contribution in [0.25, 0.3) is 5.82 Å². The summed E-state index contributed by atoms with van der Waals surface area (Å²) in [5, 5.41) is 0.669. The summed E-state index contributed by atoms with van der Waals surface area (Å²) in [4.78, 5) is 22.8. The summed E-state index contributed by atoms with van der Waals surface area (Å²) in [6.45, 7) is 3.07. The standard InChI is InChI=1S/C18H17ClN4O/c1-2-22(12-14-4-3-5-16(19)10-14)18(24)15-6-7-17(21-11-15)23-9-8-20-13-23/h3-11,13H,2,12H2,1H3. The van der Waals surface area contributed by atoms with Gasteiger partial charge in [0.15, 0.2) is 0 Å². The van der Waals surface area contributed by atoms with Gasteiger partial charge in [0.25, 0.3) is 5.91 Å². The van der Waals surface area contributed by atoms with Crippen molar-refractivity contribution in [3.8, 4) is 5.82 Å². The number of halogens is 1. The van der Waals surface area contributed by atoms with Crippen LogP contribution in [0.15, 0.2) is 61.3 Å². The second-order valence-electron chi connectivity index (χ2n) is 5.32. The Labute approximate surface area is 145 Å². The predicted molar refractivity (Wildman–Crippen MR) is 93.2 cm³/mol. The molecular weight excluding hydrogens is 324 g/mol. The fourth-order valence-electron chi connectivity index (χ4n) is 2.43. The molecule has 0 aliphatic carbocycles. The summed E-state index contributed by atoms with van der Waals surface area (Å²) in [7, 11) is 0. The van der Waals surface area contributed by atoms with E-state index in [9.17, 15) is 4.79 Å². The van der Waals surface area contributed by atoms with Crippen molar-refractivity contribution in [1.82, 2.24) is 19.4 Å². The molecule has 2 aromatic heterocycles. The zero-order valence-electron chi connectivity index (χ0n) is 13.3. The van der Waals surface area contributed by atoms with Gasteiger partial charge in [-0.15, -0.1) is 0 Å². The van der Waals surface area contributed by atoms with E-state index in [1.807, 2.05) is 37.3 Å². The highest BCUT2D eigenvalue weighted by atomic mass is 35.5. The minimum absolute atomic E-state index is 0.0536. The molecule has 1 aromatic carbocycles. The molecule has 0 saturated carbocycles. The van der Waals surface area contributed by atoms with Gasteiger partial charge in [0, 0.05) is 36.7 Å². The highest BCUT2D eigenvalue weighted by Gasteiger charge is 2.15. The number of pyridine rings is 1. The van der Waals surface area contributed by atoms with E-state index in [1.54, 1.807) is 40.5 Å². The van der Waals surface area contributed by atoms with Crippen molar-refractivity contribution in [1.29, 1.82) is 0 Å². The number of aromatic nitrogens is 3. The molecule has 6 heteroatoms. The molecule has 3 aromatic rings. The third-order valence-corrected chi connectivity index (χ3v) is 3.93. The first-order valence-electron chi connectivity index (χ1n) is 7.65. The number of nitrogens with zero attached hydrogens (tertiary/aromatic N) is 4. The number of hydrogen-bond donors (Lipinski definition) is 0. The van der Waals surface area contributed by atoms with Gasteiger partial charge in [0.1, 0.15) is 12.1 Å². The van der Waals surface area contributed by atoms with Gasteiger partial charge < -0.3 is 4.90 Å². The lowest BCUT2D eigenvalue weighted by Crippen LogP contribution is -2.30. The van der Waals surface area contributed by atoms with Crippen molar-refractivity contribution in [2.24, 2.45) is 0 Å². The number of hydrogen-bond acceptors (Lipinski definition) is 3. The molecule has 0 saturated heterocycles. The summed E-state index contributed by atoms with van der Waals surface area (Å²) in [5.74, 6) is 0.670. The molecule has 24 heavy (non-hydrogen) atoms. The third-order valence-electron chi connectivity index (χ3n) is 3.70. The number of amides is 1. The molecule has 0 unspecified atom stereocenters. The Morgan fingerprint density at radius 1 is 1.29 bits per heavy atom. The quantitative estimate of drug-likeness (QED) is 0.713. The van der Waals surface area contributed by atoms with Crippen LogP contribution in [-0.2, 0) is 6.54 Å². The van der Waals surface area contributed by atoms with Gasteiger partial charge in [-0.1, -0.05) is 23.7 Å². The Morgan fingerprint density at radius 2 is 2.17 bits per heavy atom. The summed E-state index contributed by atoms with van der Waals surface area (Å²) < 4.78 is 1.79. The van der Waals surface area contributed by atoms with Crippen molar-refractivity contribution in [3.63, 3.8) is 0 Å². The van der Waals surface area contributed by atoms with Crippen LogP contribution in [0.1, 0.15) is 22.8 Å². The molecule has 1 amide bonds. The van der Waals surface area contributed by atoms with Crippen LogP contribution >= 0.6 is 11.6 Å². The molecular formula is C18H17ClN4O. The molecule has 0 spiro atoms. The second kappa shape index (κ2) is 7.27. The first kappa shape index (κ1) is 16.2. The summed E-state index contributed by atoms with van der Waals surface area (Å²) in [5.41, 5.74) is 1.56. The van der Waals surface area contributed by atoms with Gasteiger partial charge in [-0.05, 0) is 36.8 Å². The van der Waals surface area contributed by atoms with Crippen molar-refractivity contribution < 1.29 is 4.79 Å². The SMILES string of the molecule is CCN(Cc1cccc(Cl)c1)C(=O)c1ccc(-n2ccnc2)nc1. The van der Waals surface area contributed by atoms with E-state index < -0.39 is 0 Å². The molecule has 0 N–H and O–H groups in total. The minimum Gasteiger partial charge on any atom is -0.335 e. The maximum absolute atomic E-state index is 12.7. The molecule has 5 nitrogen and oxygen atoms in total. The normalized spacial score (nSPS) is 10.6. The van der Waals surface area contributed by atoms with Gasteiger partial charge in [0.2, 0.25) is 0 Å². The molecule has 0 radical (unpaired) electrons. The fourth-order valence-corrected chi connectivity index (χ4v) is 2.64. The van der Waals surface area contributed by atoms with E-state index in [-0.39, 0.29) is 5.91 Å². The highest BCUT2D eigenvalue weighted by Crippen LogP contribution is 2.15. The van der Waals surface area contributed by atoms with Crippen LogP contribution in [0.3, 0.4) is 0 Å². The average molecular weight is 341 g/mol. The first-order chi connectivity index (χ1) is 11.7. The highest BCUT2D eigenvalue weighted by molar-refractivity contribution is 6.30. The maximum atomic E-state index is 12.7. The number of carbonyl (C=O) groups is 1. The van der Waals surface area contributed by atoms with Gasteiger partial charge in [0.05, 0.1) is 5.56 Å². The molecule has 0 aliphatic heterocycles. The number of benzene rings is 1. The van der Waals surface area contributed by atoms with Crippen LogP contribution in [-0.4, -0.2) is 31.9 Å². The molecule has 0 atom stereocenters. The minimum atomic E-state index is -0.0536. The van der Waals surface area contributed by atoms with Crippen LogP contribution in [0, 0.1) is 0 Å². The second-order valence-corrected chi connectivity index (χ2v) is 5.76. The smallest absolute Gasteiger partial charge is 0.255 e. The van der Waals surface area contributed by atoms with Gasteiger partial charge in [-0.3, -0.25) is 9.36 Å². The van der Waals surface area contributed by atoms with Gasteiger partial charge in [-0.2, -0.15) is 0 Å². The maximum Gasteiger partial charge on any atom is 0.255 e. The topological polar surface area (TPSA) is 51.0 Å². The summed E-state index contributed by atoms with van der Waals surface area (Å²) in [6.07, 6.45) is 6.76. The molecule has 0 aliphatic rings. The van der Waals surface area contributed by atoms with E-state index in [0.29, 0.717) is 23.7 Å². The lowest BCUT2D eigenvalue weighted by Gasteiger charge is -2.21. The summed E-state index contributed by atoms with van der Waals surface area (Å²) in [6, 6.07) is 11.1. The van der Waals surface area contributed by atoms with Crippen LogP contribution in [0.5, 0.6) is 0 Å². The Morgan fingerprint density at radius 3 is 2.79 bits per heavy atom. The van der Waals surface area contributed by atoms with Crippen LogP contribution < -0.4 is 0 Å². The molecule has 0 fully saturated rings. The Hall–Kier alpha value is -2.66. The van der Waals surface area contributed by atoms with Crippen LogP contribution in [0.4, 0.5) is 0 Å². The predicted octanol–water partition coefficient (Wildman–Crippen LogP) is 3.58. The molecule has 122 valence electrons. The lowest BCUT2D eigenvalue weighted by atomic mass is 10.2. The lowest BCUT2D eigenvalue weighted by molar-refractivity contribution is 0.0752. The van der Waals surface area contributed by atoms with E-state index in [2.05, 4.69) is 9.97 Å². The Kier molecular flexibility index (Phi) is 4.91. The van der Waals surface area contributed by atoms with E-state index in [1.165, 1.54) is 0 Å². The van der Waals surface area contributed by atoms with E-state index in [4.69, 9.17) is 11.6 Å². The number of carbonyl (C=O) groups excluding carboxylic acids is 1.